The summed E-state index contributed by atoms with van der Waals surface area (Å²) < 4.78 is 31.5. The van der Waals surface area contributed by atoms with Crippen molar-refractivity contribution in [1.82, 2.24) is 0 Å². The first-order chi connectivity index (χ1) is 7.60. The third kappa shape index (κ3) is 2.02. The fourth-order valence-electron chi connectivity index (χ4n) is 1.88. The maximum absolute atomic E-state index is 13.6. The van der Waals surface area contributed by atoms with Crippen molar-refractivity contribution in [1.29, 1.82) is 0 Å². The van der Waals surface area contributed by atoms with Gasteiger partial charge in [0, 0.05) is 24.3 Å². The molecule has 2 rings (SSSR count). The molecular weight excluding hydrogens is 214 g/mol. The standard InChI is InChI=1S/C12H14F2O2/c1-16-11-5-8(13)4-10(14)9(11)6-12(7-15)2-3-12/h4-5,15H,2-3,6-7H2,1H3. The summed E-state index contributed by atoms with van der Waals surface area (Å²) in [5.41, 5.74) is 0.141. The Hall–Kier alpha value is -1.16. The van der Waals surface area contributed by atoms with E-state index in [1.54, 1.807) is 0 Å². The SMILES string of the molecule is COc1cc(F)cc(F)c1CC1(CO)CC1. The molecule has 0 radical (unpaired) electrons. The topological polar surface area (TPSA) is 29.5 Å². The summed E-state index contributed by atoms with van der Waals surface area (Å²) in [6.45, 7) is 0.0347. The van der Waals surface area contributed by atoms with Crippen LogP contribution in [0.2, 0.25) is 0 Å². The van der Waals surface area contributed by atoms with E-state index in [0.29, 0.717) is 12.0 Å². The van der Waals surface area contributed by atoms with Gasteiger partial charge in [0.15, 0.2) is 0 Å². The van der Waals surface area contributed by atoms with Crippen LogP contribution in [0, 0.1) is 17.0 Å². The van der Waals surface area contributed by atoms with Crippen molar-refractivity contribution in [3.8, 4) is 5.75 Å². The largest absolute Gasteiger partial charge is 0.496 e. The van der Waals surface area contributed by atoms with Gasteiger partial charge in [0.2, 0.25) is 0 Å². The van der Waals surface area contributed by atoms with Gasteiger partial charge in [-0.15, -0.1) is 0 Å². The molecule has 0 amide bonds. The lowest BCUT2D eigenvalue weighted by Crippen LogP contribution is -2.12. The van der Waals surface area contributed by atoms with Crippen LogP contribution in [0.25, 0.3) is 0 Å². The maximum atomic E-state index is 13.6. The highest BCUT2D eigenvalue weighted by molar-refractivity contribution is 5.37. The molecule has 0 unspecified atom stereocenters. The summed E-state index contributed by atoms with van der Waals surface area (Å²) in [6.07, 6.45) is 2.16. The van der Waals surface area contributed by atoms with Crippen LogP contribution in [0.5, 0.6) is 5.75 Å². The lowest BCUT2D eigenvalue weighted by Gasteiger charge is -2.15. The van der Waals surface area contributed by atoms with Gasteiger partial charge in [-0.2, -0.15) is 0 Å². The molecule has 1 aliphatic carbocycles. The summed E-state index contributed by atoms with van der Waals surface area (Å²) in [5.74, 6) is -1.03. The Labute approximate surface area is 92.9 Å². The zero-order valence-corrected chi connectivity index (χ0v) is 9.09. The molecule has 0 aliphatic heterocycles. The van der Waals surface area contributed by atoms with Crippen molar-refractivity contribution in [3.05, 3.63) is 29.3 Å². The lowest BCUT2D eigenvalue weighted by atomic mass is 9.96. The molecule has 0 bridgehead atoms. The summed E-state index contributed by atoms with van der Waals surface area (Å²) in [7, 11) is 1.39. The Kier molecular flexibility index (Phi) is 2.84. The second kappa shape index (κ2) is 4.01. The first kappa shape index (κ1) is 11.3. The van der Waals surface area contributed by atoms with Crippen LogP contribution >= 0.6 is 0 Å². The van der Waals surface area contributed by atoms with E-state index in [4.69, 9.17) is 4.74 Å². The van der Waals surface area contributed by atoms with Gasteiger partial charge in [-0.3, -0.25) is 0 Å². The molecule has 0 heterocycles. The zero-order valence-electron chi connectivity index (χ0n) is 9.09. The highest BCUT2D eigenvalue weighted by Gasteiger charge is 2.43. The number of hydrogen-bond acceptors (Lipinski definition) is 2. The molecule has 0 aromatic heterocycles. The Morgan fingerprint density at radius 3 is 2.56 bits per heavy atom. The van der Waals surface area contributed by atoms with E-state index in [1.807, 2.05) is 0 Å². The molecule has 0 saturated heterocycles. The van der Waals surface area contributed by atoms with Crippen LogP contribution in [0.3, 0.4) is 0 Å². The minimum Gasteiger partial charge on any atom is -0.496 e. The van der Waals surface area contributed by atoms with Crippen molar-refractivity contribution in [2.75, 3.05) is 13.7 Å². The lowest BCUT2D eigenvalue weighted by molar-refractivity contribution is 0.209. The van der Waals surface area contributed by atoms with Gasteiger partial charge >= 0.3 is 0 Å². The van der Waals surface area contributed by atoms with Gasteiger partial charge in [-0.1, -0.05) is 0 Å². The number of hydrogen-bond donors (Lipinski definition) is 1. The second-order valence-electron chi connectivity index (χ2n) is 4.40. The fourth-order valence-corrected chi connectivity index (χ4v) is 1.88. The maximum Gasteiger partial charge on any atom is 0.133 e. The van der Waals surface area contributed by atoms with Gasteiger partial charge in [-0.05, 0) is 24.7 Å². The molecule has 1 saturated carbocycles. The number of halogens is 2. The predicted octanol–water partition coefficient (Wildman–Crippen LogP) is 2.29. The third-order valence-corrected chi connectivity index (χ3v) is 3.18. The second-order valence-corrected chi connectivity index (χ2v) is 4.40. The summed E-state index contributed by atoms with van der Waals surface area (Å²) in [5, 5.41) is 9.19. The third-order valence-electron chi connectivity index (χ3n) is 3.18. The number of rotatable bonds is 4. The monoisotopic (exact) mass is 228 g/mol. The normalized spacial score (nSPS) is 17.2. The molecule has 1 aliphatic rings. The van der Waals surface area contributed by atoms with Gasteiger partial charge in [0.25, 0.3) is 0 Å². The van der Waals surface area contributed by atoms with Gasteiger partial charge in [0.1, 0.15) is 17.4 Å². The van der Waals surface area contributed by atoms with Crippen LogP contribution in [-0.2, 0) is 6.42 Å². The molecule has 1 N–H and O–H groups in total. The Morgan fingerprint density at radius 1 is 1.38 bits per heavy atom. The molecule has 88 valence electrons. The minimum absolute atomic E-state index is 0.0347. The van der Waals surface area contributed by atoms with Crippen molar-refractivity contribution < 1.29 is 18.6 Å². The Balaban J connectivity index is 2.32. The quantitative estimate of drug-likeness (QED) is 0.856. The van der Waals surface area contributed by atoms with E-state index < -0.39 is 11.6 Å². The molecule has 1 aromatic rings. The molecule has 2 nitrogen and oxygen atoms in total. The number of aliphatic hydroxyl groups excluding tert-OH is 1. The van der Waals surface area contributed by atoms with Crippen molar-refractivity contribution in [3.63, 3.8) is 0 Å². The van der Waals surface area contributed by atoms with Gasteiger partial charge in [-0.25, -0.2) is 8.78 Å². The van der Waals surface area contributed by atoms with E-state index in [-0.39, 0.29) is 17.8 Å². The van der Waals surface area contributed by atoms with Gasteiger partial charge in [0.05, 0.1) is 7.11 Å². The molecule has 0 spiro atoms. The van der Waals surface area contributed by atoms with Crippen molar-refractivity contribution in [2.45, 2.75) is 19.3 Å². The van der Waals surface area contributed by atoms with Crippen molar-refractivity contribution in [2.24, 2.45) is 5.41 Å². The zero-order chi connectivity index (χ0) is 11.8. The highest BCUT2D eigenvalue weighted by Crippen LogP contribution is 2.49. The summed E-state index contributed by atoms with van der Waals surface area (Å²) >= 11 is 0. The van der Waals surface area contributed by atoms with E-state index in [1.165, 1.54) is 13.2 Å². The summed E-state index contributed by atoms with van der Waals surface area (Å²) in [4.78, 5) is 0. The van der Waals surface area contributed by atoms with Crippen LogP contribution in [-0.4, -0.2) is 18.8 Å². The van der Waals surface area contributed by atoms with Gasteiger partial charge < -0.3 is 9.84 Å². The van der Waals surface area contributed by atoms with Crippen molar-refractivity contribution >= 4 is 0 Å². The predicted molar refractivity (Wildman–Crippen MR) is 55.4 cm³/mol. The molecule has 1 fully saturated rings. The summed E-state index contributed by atoms with van der Waals surface area (Å²) in [6, 6.07) is 2.02. The van der Waals surface area contributed by atoms with E-state index in [0.717, 1.165) is 18.9 Å². The number of benzene rings is 1. The molecule has 0 atom stereocenters. The first-order valence-electron chi connectivity index (χ1n) is 5.23. The number of ether oxygens (including phenoxy) is 1. The van der Waals surface area contributed by atoms with E-state index in [2.05, 4.69) is 0 Å². The molecule has 16 heavy (non-hydrogen) atoms. The van der Waals surface area contributed by atoms with Crippen LogP contribution in [0.4, 0.5) is 8.78 Å². The average molecular weight is 228 g/mol. The van der Waals surface area contributed by atoms with Crippen LogP contribution in [0.15, 0.2) is 12.1 Å². The molecular formula is C12H14F2O2. The van der Waals surface area contributed by atoms with Crippen LogP contribution in [0.1, 0.15) is 18.4 Å². The highest BCUT2D eigenvalue weighted by atomic mass is 19.1. The van der Waals surface area contributed by atoms with E-state index in [9.17, 15) is 13.9 Å². The minimum atomic E-state index is -0.646. The number of aliphatic hydroxyl groups is 1. The van der Waals surface area contributed by atoms with Crippen LogP contribution < -0.4 is 4.74 Å². The van der Waals surface area contributed by atoms with E-state index >= 15 is 0 Å². The fraction of sp³-hybridized carbons (Fsp3) is 0.500. The first-order valence-corrected chi connectivity index (χ1v) is 5.23. The molecule has 1 aromatic carbocycles. The Morgan fingerprint density at radius 2 is 2.06 bits per heavy atom. The average Bonchev–Trinajstić information content (AvgIpc) is 3.02. The molecule has 4 heteroatoms. The smallest absolute Gasteiger partial charge is 0.133 e. The Bertz CT molecular complexity index is 400. The number of methoxy groups -OCH3 is 1.